The van der Waals surface area contributed by atoms with Crippen molar-refractivity contribution in [2.24, 2.45) is 0 Å². The molecule has 0 heterocycles. The summed E-state index contributed by atoms with van der Waals surface area (Å²) in [6.07, 6.45) is -1.63. The van der Waals surface area contributed by atoms with Gasteiger partial charge < -0.3 is 34.6 Å². The third kappa shape index (κ3) is 38.5. The molecule has 9 heteroatoms. The van der Waals surface area contributed by atoms with Gasteiger partial charge in [0.05, 0.1) is 20.8 Å². The SMILES string of the molecule is CCC(C)(O)O.COC(=O)OC.O=C(O)OCCO. The molecular formula is C10H22O9. The topological polar surface area (TPSA) is 143 Å². The monoisotopic (exact) mass is 286 g/mol. The van der Waals surface area contributed by atoms with Crippen LogP contribution in [0.5, 0.6) is 0 Å². The zero-order chi connectivity index (χ0) is 15.9. The lowest BCUT2D eigenvalue weighted by atomic mass is 10.3. The van der Waals surface area contributed by atoms with Gasteiger partial charge in [-0.1, -0.05) is 6.92 Å². The molecule has 0 amide bonds. The quantitative estimate of drug-likeness (QED) is 0.421. The van der Waals surface area contributed by atoms with E-state index in [2.05, 4.69) is 14.2 Å². The number of aliphatic hydroxyl groups is 3. The minimum absolute atomic E-state index is 0.144. The number of aliphatic hydroxyl groups excluding tert-OH is 1. The van der Waals surface area contributed by atoms with E-state index in [1.54, 1.807) is 6.92 Å². The summed E-state index contributed by atoms with van der Waals surface area (Å²) >= 11 is 0. The molecule has 0 aromatic carbocycles. The first-order valence-electron chi connectivity index (χ1n) is 5.17. The van der Waals surface area contributed by atoms with E-state index in [4.69, 9.17) is 20.4 Å². The van der Waals surface area contributed by atoms with Crippen molar-refractivity contribution in [3.05, 3.63) is 0 Å². The first-order valence-corrected chi connectivity index (χ1v) is 5.17. The van der Waals surface area contributed by atoms with Crippen LogP contribution in [0.4, 0.5) is 9.59 Å². The first-order chi connectivity index (χ1) is 8.64. The van der Waals surface area contributed by atoms with Gasteiger partial charge in [0.2, 0.25) is 0 Å². The molecule has 4 N–H and O–H groups in total. The van der Waals surface area contributed by atoms with E-state index in [9.17, 15) is 9.59 Å². The maximum atomic E-state index is 9.74. The Kier molecular flexibility index (Phi) is 17.2. The second-order valence-corrected chi connectivity index (χ2v) is 3.07. The summed E-state index contributed by atoms with van der Waals surface area (Å²) in [4.78, 5) is 19.2. The third-order valence-corrected chi connectivity index (χ3v) is 1.32. The second-order valence-electron chi connectivity index (χ2n) is 3.07. The Labute approximate surface area is 111 Å². The van der Waals surface area contributed by atoms with Crippen molar-refractivity contribution in [1.82, 2.24) is 0 Å². The number of hydrogen-bond donors (Lipinski definition) is 4. The normalized spacial score (nSPS) is 9.00. The van der Waals surface area contributed by atoms with Crippen molar-refractivity contribution in [3.63, 3.8) is 0 Å². The van der Waals surface area contributed by atoms with Crippen LogP contribution in [-0.4, -0.2) is 66.0 Å². The summed E-state index contributed by atoms with van der Waals surface area (Å²) in [5.41, 5.74) is 0. The number of ether oxygens (including phenoxy) is 3. The molecule has 0 rings (SSSR count). The predicted molar refractivity (Wildman–Crippen MR) is 63.6 cm³/mol. The molecule has 0 spiro atoms. The van der Waals surface area contributed by atoms with Crippen LogP contribution in [0.2, 0.25) is 0 Å². The maximum Gasteiger partial charge on any atom is 0.507 e. The van der Waals surface area contributed by atoms with Crippen LogP contribution in [0.3, 0.4) is 0 Å². The van der Waals surface area contributed by atoms with Gasteiger partial charge in [-0.15, -0.1) is 0 Å². The Morgan fingerprint density at radius 2 is 1.53 bits per heavy atom. The van der Waals surface area contributed by atoms with E-state index in [-0.39, 0.29) is 13.2 Å². The summed E-state index contributed by atoms with van der Waals surface area (Å²) in [7, 11) is 2.51. The highest BCUT2D eigenvalue weighted by atomic mass is 16.7. The summed E-state index contributed by atoms with van der Waals surface area (Å²) in [6.45, 7) is 2.66. The molecule has 0 aliphatic heterocycles. The first kappa shape index (κ1) is 22.6. The molecule has 0 aliphatic rings. The van der Waals surface area contributed by atoms with Gasteiger partial charge in [0.1, 0.15) is 6.61 Å². The number of carbonyl (C=O) groups excluding carboxylic acids is 1. The van der Waals surface area contributed by atoms with Crippen molar-refractivity contribution in [1.29, 1.82) is 0 Å². The zero-order valence-electron chi connectivity index (χ0n) is 11.5. The molecule has 0 bridgehead atoms. The molecule has 0 aromatic heterocycles. The van der Waals surface area contributed by atoms with Gasteiger partial charge in [-0.05, 0) is 13.3 Å². The van der Waals surface area contributed by atoms with Crippen LogP contribution >= 0.6 is 0 Å². The summed E-state index contributed by atoms with van der Waals surface area (Å²) in [5, 5.41) is 32.4. The highest BCUT2D eigenvalue weighted by Crippen LogP contribution is 1.99. The molecule has 0 unspecified atom stereocenters. The number of methoxy groups -OCH3 is 2. The van der Waals surface area contributed by atoms with E-state index in [0.717, 1.165) is 0 Å². The Hall–Kier alpha value is -1.58. The average molecular weight is 286 g/mol. The molecule has 9 nitrogen and oxygen atoms in total. The molecule has 0 fully saturated rings. The molecule has 0 radical (unpaired) electrons. The van der Waals surface area contributed by atoms with Gasteiger partial charge in [-0.2, -0.15) is 0 Å². The van der Waals surface area contributed by atoms with Gasteiger partial charge in [0, 0.05) is 0 Å². The molecule has 19 heavy (non-hydrogen) atoms. The van der Waals surface area contributed by atoms with Crippen molar-refractivity contribution in [2.45, 2.75) is 26.1 Å². The lowest BCUT2D eigenvalue weighted by Gasteiger charge is -2.10. The molecule has 0 aliphatic carbocycles. The molecule has 0 saturated heterocycles. The van der Waals surface area contributed by atoms with E-state index in [1.165, 1.54) is 21.1 Å². The predicted octanol–water partition coefficient (Wildman–Crippen LogP) is 0.170. The van der Waals surface area contributed by atoms with Gasteiger partial charge in [-0.3, -0.25) is 0 Å². The van der Waals surface area contributed by atoms with Crippen molar-refractivity contribution in [3.8, 4) is 0 Å². The van der Waals surface area contributed by atoms with Crippen molar-refractivity contribution < 1.29 is 44.2 Å². The molecule has 0 atom stereocenters. The fourth-order valence-corrected chi connectivity index (χ4v) is 0.216. The molecule has 0 saturated carbocycles. The van der Waals surface area contributed by atoms with Crippen molar-refractivity contribution in [2.75, 3.05) is 27.4 Å². The maximum absolute atomic E-state index is 9.74. The highest BCUT2D eigenvalue weighted by molar-refractivity contribution is 5.59. The smallest absolute Gasteiger partial charge is 0.450 e. The fourth-order valence-electron chi connectivity index (χ4n) is 0.216. The second kappa shape index (κ2) is 14.5. The third-order valence-electron chi connectivity index (χ3n) is 1.32. The summed E-state index contributed by atoms with van der Waals surface area (Å²) in [5.74, 6) is -1.46. The van der Waals surface area contributed by atoms with Gasteiger partial charge >= 0.3 is 12.3 Å². The Morgan fingerprint density at radius 3 is 1.58 bits per heavy atom. The molecular weight excluding hydrogens is 264 g/mol. The number of carbonyl (C=O) groups is 2. The fraction of sp³-hybridized carbons (Fsp3) is 0.800. The van der Waals surface area contributed by atoms with E-state index < -0.39 is 18.1 Å². The lowest BCUT2D eigenvalue weighted by Crippen LogP contribution is -2.20. The van der Waals surface area contributed by atoms with Crippen LogP contribution in [0.1, 0.15) is 20.3 Å². The minimum atomic E-state index is -1.46. The lowest BCUT2D eigenvalue weighted by molar-refractivity contribution is -0.145. The highest BCUT2D eigenvalue weighted by Gasteiger charge is 2.08. The van der Waals surface area contributed by atoms with Gasteiger partial charge in [0.15, 0.2) is 5.79 Å². The van der Waals surface area contributed by atoms with Gasteiger partial charge in [0.25, 0.3) is 0 Å². The van der Waals surface area contributed by atoms with Crippen LogP contribution in [0.25, 0.3) is 0 Å². The van der Waals surface area contributed by atoms with E-state index in [0.29, 0.717) is 6.42 Å². The Morgan fingerprint density at radius 1 is 1.16 bits per heavy atom. The molecule has 116 valence electrons. The largest absolute Gasteiger partial charge is 0.507 e. The summed E-state index contributed by atoms with van der Waals surface area (Å²) in [6, 6.07) is 0. The van der Waals surface area contributed by atoms with Crippen LogP contribution in [0, 0.1) is 0 Å². The number of carboxylic acid groups (broad SMARTS) is 1. The Balaban J connectivity index is -0.000000203. The molecule has 0 aromatic rings. The van der Waals surface area contributed by atoms with Crippen LogP contribution in [0.15, 0.2) is 0 Å². The summed E-state index contributed by atoms with van der Waals surface area (Å²) < 4.78 is 11.9. The number of rotatable bonds is 3. The van der Waals surface area contributed by atoms with Crippen molar-refractivity contribution >= 4 is 12.3 Å². The minimum Gasteiger partial charge on any atom is -0.450 e. The van der Waals surface area contributed by atoms with Crippen LogP contribution in [-0.2, 0) is 14.2 Å². The standard InChI is InChI=1S/C4H10O2.C3H6O4.C3H6O3/c1-3-4(2,5)6;4-1-2-7-3(5)6;1-5-3(4)6-2/h5-6H,3H2,1-2H3;4H,1-2H2,(H,5,6);1-2H3. The van der Waals surface area contributed by atoms with E-state index in [1.807, 2.05) is 0 Å². The van der Waals surface area contributed by atoms with Crippen LogP contribution < -0.4 is 0 Å². The zero-order valence-corrected chi connectivity index (χ0v) is 11.5. The Bertz CT molecular complexity index is 216. The number of hydrogen-bond acceptors (Lipinski definition) is 8. The van der Waals surface area contributed by atoms with Gasteiger partial charge in [-0.25, -0.2) is 9.59 Å². The van der Waals surface area contributed by atoms with E-state index >= 15 is 0 Å². The average Bonchev–Trinajstić information content (AvgIpc) is 2.35.